The molecule has 1 saturated heterocycles. The van der Waals surface area contributed by atoms with E-state index in [-0.39, 0.29) is 16.9 Å². The summed E-state index contributed by atoms with van der Waals surface area (Å²) in [7, 11) is -3.77. The molecule has 2 aromatic rings. The molecule has 0 aromatic heterocycles. The number of rotatable bonds is 8. The Bertz CT molecular complexity index is 906. The van der Waals surface area contributed by atoms with Crippen molar-refractivity contribution >= 4 is 21.6 Å². The summed E-state index contributed by atoms with van der Waals surface area (Å²) < 4.78 is 38.5. The number of benzene rings is 2. The monoisotopic (exact) mass is 404 g/mol. The predicted molar refractivity (Wildman–Crippen MR) is 106 cm³/mol. The lowest BCUT2D eigenvalue weighted by Gasteiger charge is -2.12. The van der Waals surface area contributed by atoms with Crippen LogP contribution in [-0.4, -0.2) is 40.2 Å². The minimum absolute atomic E-state index is 0.0466. The quantitative estimate of drug-likeness (QED) is 0.706. The molecule has 1 atom stereocenters. The Balaban J connectivity index is 1.66. The van der Waals surface area contributed by atoms with Gasteiger partial charge in [-0.3, -0.25) is 9.52 Å². The van der Waals surface area contributed by atoms with Crippen molar-refractivity contribution in [2.24, 2.45) is 0 Å². The van der Waals surface area contributed by atoms with E-state index in [0.717, 1.165) is 19.4 Å². The molecular weight excluding hydrogens is 380 g/mol. The second kappa shape index (κ2) is 9.07. The predicted octanol–water partition coefficient (Wildman–Crippen LogP) is 2.79. The van der Waals surface area contributed by atoms with E-state index in [2.05, 4.69) is 10.0 Å². The van der Waals surface area contributed by atoms with Crippen molar-refractivity contribution in [2.75, 3.05) is 24.5 Å². The van der Waals surface area contributed by atoms with Crippen LogP contribution in [0.4, 0.5) is 5.69 Å². The van der Waals surface area contributed by atoms with Crippen LogP contribution in [-0.2, 0) is 14.8 Å². The van der Waals surface area contributed by atoms with Crippen molar-refractivity contribution < 1.29 is 22.7 Å². The highest BCUT2D eigenvalue weighted by Crippen LogP contribution is 2.20. The van der Waals surface area contributed by atoms with Gasteiger partial charge in [0.05, 0.1) is 17.6 Å². The van der Waals surface area contributed by atoms with Gasteiger partial charge >= 0.3 is 0 Å². The third-order valence-corrected chi connectivity index (χ3v) is 5.73. The molecule has 1 amide bonds. The van der Waals surface area contributed by atoms with E-state index < -0.39 is 10.0 Å². The average molecular weight is 404 g/mol. The molecule has 0 radical (unpaired) electrons. The number of amides is 1. The Morgan fingerprint density at radius 2 is 2.00 bits per heavy atom. The maximum absolute atomic E-state index is 12.6. The zero-order valence-electron chi connectivity index (χ0n) is 15.7. The molecule has 1 aliphatic heterocycles. The Hall–Kier alpha value is -2.58. The number of anilines is 1. The van der Waals surface area contributed by atoms with Gasteiger partial charge in [0.15, 0.2) is 0 Å². The first-order chi connectivity index (χ1) is 13.5. The summed E-state index contributed by atoms with van der Waals surface area (Å²) in [5, 5.41) is 2.83. The van der Waals surface area contributed by atoms with E-state index in [9.17, 15) is 13.2 Å². The van der Waals surface area contributed by atoms with Crippen molar-refractivity contribution in [1.82, 2.24) is 5.32 Å². The summed E-state index contributed by atoms with van der Waals surface area (Å²) in [6.07, 6.45) is 1.98. The van der Waals surface area contributed by atoms with Crippen LogP contribution in [0.5, 0.6) is 5.75 Å². The summed E-state index contributed by atoms with van der Waals surface area (Å²) in [6.45, 7) is 3.53. The second-order valence-electron chi connectivity index (χ2n) is 6.44. The Kier molecular flexibility index (Phi) is 6.53. The number of sulfonamides is 1. The van der Waals surface area contributed by atoms with Crippen LogP contribution in [0.1, 0.15) is 30.1 Å². The number of nitrogens with one attached hydrogen (secondary N) is 2. The van der Waals surface area contributed by atoms with Crippen LogP contribution >= 0.6 is 0 Å². The van der Waals surface area contributed by atoms with Gasteiger partial charge in [-0.15, -0.1) is 0 Å². The van der Waals surface area contributed by atoms with Crippen molar-refractivity contribution in [1.29, 1.82) is 0 Å². The maximum Gasteiger partial charge on any atom is 0.261 e. The Morgan fingerprint density at radius 1 is 1.21 bits per heavy atom. The van der Waals surface area contributed by atoms with Gasteiger partial charge in [-0.05, 0) is 62.2 Å². The van der Waals surface area contributed by atoms with Gasteiger partial charge in [0, 0.05) is 24.4 Å². The third-order valence-electron chi connectivity index (χ3n) is 4.34. The van der Waals surface area contributed by atoms with Crippen molar-refractivity contribution in [3.05, 3.63) is 54.1 Å². The highest BCUT2D eigenvalue weighted by Gasteiger charge is 2.18. The van der Waals surface area contributed by atoms with E-state index in [4.69, 9.17) is 9.47 Å². The molecule has 150 valence electrons. The Labute approximate surface area is 165 Å². The first kappa shape index (κ1) is 20.2. The summed E-state index contributed by atoms with van der Waals surface area (Å²) in [6, 6.07) is 12.5. The van der Waals surface area contributed by atoms with Crippen molar-refractivity contribution in [3.8, 4) is 5.75 Å². The largest absolute Gasteiger partial charge is 0.494 e. The molecule has 0 saturated carbocycles. The van der Waals surface area contributed by atoms with E-state index in [1.807, 2.05) is 6.92 Å². The average Bonchev–Trinajstić information content (AvgIpc) is 3.20. The number of hydrogen-bond acceptors (Lipinski definition) is 5. The van der Waals surface area contributed by atoms with E-state index in [1.54, 1.807) is 30.3 Å². The summed E-state index contributed by atoms with van der Waals surface area (Å²) in [4.78, 5) is 12.4. The summed E-state index contributed by atoms with van der Waals surface area (Å²) >= 11 is 0. The topological polar surface area (TPSA) is 93.7 Å². The van der Waals surface area contributed by atoms with Gasteiger partial charge in [0.1, 0.15) is 5.75 Å². The molecule has 8 heteroatoms. The molecule has 3 rings (SSSR count). The molecular formula is C20H24N2O5S. The molecule has 0 bridgehead atoms. The molecule has 2 aromatic carbocycles. The fourth-order valence-electron chi connectivity index (χ4n) is 2.93. The minimum atomic E-state index is -3.77. The molecule has 1 aliphatic rings. The van der Waals surface area contributed by atoms with E-state index >= 15 is 0 Å². The van der Waals surface area contributed by atoms with Crippen LogP contribution in [0.2, 0.25) is 0 Å². The van der Waals surface area contributed by atoms with Gasteiger partial charge in [-0.1, -0.05) is 6.07 Å². The molecule has 1 fully saturated rings. The van der Waals surface area contributed by atoms with Gasteiger partial charge in [-0.25, -0.2) is 8.42 Å². The van der Waals surface area contributed by atoms with Gasteiger partial charge in [0.2, 0.25) is 0 Å². The molecule has 7 nitrogen and oxygen atoms in total. The van der Waals surface area contributed by atoms with Crippen LogP contribution in [0.25, 0.3) is 0 Å². The number of ether oxygens (including phenoxy) is 2. The lowest BCUT2D eigenvalue weighted by Crippen LogP contribution is -2.31. The standard InChI is InChI=1S/C20H24N2O5S/c1-2-26-17-8-10-19(11-9-17)28(24,25)22-16-6-3-5-15(13-16)20(23)21-14-18-7-4-12-27-18/h3,5-6,8-11,13,18,22H,2,4,7,12,14H2,1H3,(H,21,23)/t18-/m1/s1. The zero-order valence-corrected chi connectivity index (χ0v) is 16.5. The fraction of sp³-hybridized carbons (Fsp3) is 0.350. The minimum Gasteiger partial charge on any atom is -0.494 e. The van der Waals surface area contributed by atoms with E-state index in [1.165, 1.54) is 18.2 Å². The molecule has 28 heavy (non-hydrogen) atoms. The van der Waals surface area contributed by atoms with Crippen LogP contribution < -0.4 is 14.8 Å². The SMILES string of the molecule is CCOc1ccc(S(=O)(=O)Nc2cccc(C(=O)NC[C@H]3CCCO3)c2)cc1. The van der Waals surface area contributed by atoms with Crippen LogP contribution in [0, 0.1) is 0 Å². The Morgan fingerprint density at radius 3 is 2.68 bits per heavy atom. The van der Waals surface area contributed by atoms with Crippen LogP contribution in [0.15, 0.2) is 53.4 Å². The molecule has 0 spiro atoms. The molecule has 0 aliphatic carbocycles. The number of carbonyl (C=O) groups is 1. The first-order valence-corrected chi connectivity index (χ1v) is 10.7. The zero-order chi connectivity index (χ0) is 20.0. The van der Waals surface area contributed by atoms with Gasteiger partial charge in [0.25, 0.3) is 15.9 Å². The summed E-state index contributed by atoms with van der Waals surface area (Å²) in [5.41, 5.74) is 0.698. The molecule has 0 unspecified atom stereocenters. The van der Waals surface area contributed by atoms with Gasteiger partial charge < -0.3 is 14.8 Å². The second-order valence-corrected chi connectivity index (χ2v) is 8.12. The maximum atomic E-state index is 12.6. The normalized spacial score (nSPS) is 16.5. The van der Waals surface area contributed by atoms with Crippen LogP contribution in [0.3, 0.4) is 0 Å². The summed E-state index contributed by atoms with van der Waals surface area (Å²) in [5.74, 6) is 0.337. The van der Waals surface area contributed by atoms with E-state index in [0.29, 0.717) is 30.2 Å². The van der Waals surface area contributed by atoms with Crippen molar-refractivity contribution in [2.45, 2.75) is 30.8 Å². The number of hydrogen-bond donors (Lipinski definition) is 2. The van der Waals surface area contributed by atoms with Gasteiger partial charge in [-0.2, -0.15) is 0 Å². The first-order valence-electron chi connectivity index (χ1n) is 9.23. The lowest BCUT2D eigenvalue weighted by molar-refractivity contribution is 0.0858. The molecule has 2 N–H and O–H groups in total. The highest BCUT2D eigenvalue weighted by atomic mass is 32.2. The highest BCUT2D eigenvalue weighted by molar-refractivity contribution is 7.92. The van der Waals surface area contributed by atoms with Crippen molar-refractivity contribution in [3.63, 3.8) is 0 Å². The number of carbonyl (C=O) groups excluding carboxylic acids is 1. The molecule has 1 heterocycles. The fourth-order valence-corrected chi connectivity index (χ4v) is 3.98. The smallest absolute Gasteiger partial charge is 0.261 e. The third kappa shape index (κ3) is 5.24. The lowest BCUT2D eigenvalue weighted by atomic mass is 10.2.